The Labute approximate surface area is 109 Å². The van der Waals surface area contributed by atoms with Gasteiger partial charge >= 0.3 is 0 Å². The molecule has 6 nitrogen and oxygen atoms in total. The van der Waals surface area contributed by atoms with E-state index < -0.39 is 5.56 Å². The molecule has 3 N–H and O–H groups in total. The van der Waals surface area contributed by atoms with E-state index in [4.69, 9.17) is 5.73 Å². The third kappa shape index (κ3) is 3.19. The summed E-state index contributed by atoms with van der Waals surface area (Å²) in [7, 11) is 0. The average Bonchev–Trinajstić information content (AvgIpc) is 2.36. The van der Waals surface area contributed by atoms with Gasteiger partial charge in [-0.1, -0.05) is 18.2 Å². The van der Waals surface area contributed by atoms with E-state index in [-0.39, 0.29) is 18.1 Å². The van der Waals surface area contributed by atoms with Gasteiger partial charge in [0.05, 0.1) is 11.9 Å². The molecule has 0 bridgehead atoms. The molecule has 0 aliphatic carbocycles. The van der Waals surface area contributed by atoms with Crippen molar-refractivity contribution < 1.29 is 4.79 Å². The molecule has 0 spiro atoms. The summed E-state index contributed by atoms with van der Waals surface area (Å²) in [5.74, 6) is -0.311. The van der Waals surface area contributed by atoms with Crippen LogP contribution >= 0.6 is 0 Å². The number of nitrogen functional groups attached to an aromatic ring is 1. The van der Waals surface area contributed by atoms with Crippen LogP contribution in [0.25, 0.3) is 0 Å². The van der Waals surface area contributed by atoms with Crippen LogP contribution in [0.5, 0.6) is 0 Å². The van der Waals surface area contributed by atoms with Gasteiger partial charge in [0.15, 0.2) is 0 Å². The molecule has 0 atom stereocenters. The van der Waals surface area contributed by atoms with Crippen LogP contribution < -0.4 is 16.6 Å². The van der Waals surface area contributed by atoms with Crippen molar-refractivity contribution in [1.29, 1.82) is 0 Å². The van der Waals surface area contributed by atoms with E-state index in [0.29, 0.717) is 0 Å². The second-order valence-corrected chi connectivity index (χ2v) is 4.15. The lowest BCUT2D eigenvalue weighted by Gasteiger charge is -2.08. The Hall–Kier alpha value is -2.63. The van der Waals surface area contributed by atoms with Gasteiger partial charge in [-0.2, -0.15) is 5.10 Å². The predicted molar refractivity (Wildman–Crippen MR) is 72.7 cm³/mol. The Morgan fingerprint density at radius 1 is 1.42 bits per heavy atom. The van der Waals surface area contributed by atoms with E-state index in [1.54, 1.807) is 6.07 Å². The number of aromatic nitrogens is 2. The predicted octanol–water partition coefficient (Wildman–Crippen LogP) is 0.773. The van der Waals surface area contributed by atoms with Gasteiger partial charge in [-0.15, -0.1) is 0 Å². The smallest absolute Gasteiger partial charge is 0.269 e. The van der Waals surface area contributed by atoms with Crippen molar-refractivity contribution >= 4 is 17.3 Å². The van der Waals surface area contributed by atoms with Crippen LogP contribution in [-0.2, 0) is 11.3 Å². The number of amides is 1. The standard InChI is InChI=1S/C13H14N4O2/c1-9-4-2-3-5-11(9)16-12(18)8-17-13(19)6-10(14)7-15-17/h2-7H,8,14H2,1H3,(H,16,18). The minimum Gasteiger partial charge on any atom is -0.397 e. The van der Waals surface area contributed by atoms with Gasteiger partial charge in [0.2, 0.25) is 5.91 Å². The maximum atomic E-state index is 11.8. The van der Waals surface area contributed by atoms with E-state index >= 15 is 0 Å². The zero-order valence-electron chi connectivity index (χ0n) is 10.5. The summed E-state index contributed by atoms with van der Waals surface area (Å²) in [5.41, 5.74) is 6.97. The molecule has 19 heavy (non-hydrogen) atoms. The molecule has 0 fully saturated rings. The van der Waals surface area contributed by atoms with E-state index in [0.717, 1.165) is 15.9 Å². The summed E-state index contributed by atoms with van der Waals surface area (Å²) in [6.07, 6.45) is 1.34. The summed E-state index contributed by atoms with van der Waals surface area (Å²) < 4.78 is 1.06. The van der Waals surface area contributed by atoms with E-state index in [1.165, 1.54) is 12.3 Å². The van der Waals surface area contributed by atoms with Crippen molar-refractivity contribution in [2.45, 2.75) is 13.5 Å². The number of benzene rings is 1. The molecule has 1 aromatic heterocycles. The SMILES string of the molecule is Cc1ccccc1NC(=O)Cn1ncc(N)cc1=O. The van der Waals surface area contributed by atoms with Crippen molar-refractivity contribution in [1.82, 2.24) is 9.78 Å². The van der Waals surface area contributed by atoms with Gasteiger partial charge in [-0.3, -0.25) is 9.59 Å². The highest BCUT2D eigenvalue weighted by Gasteiger charge is 2.07. The van der Waals surface area contributed by atoms with Gasteiger partial charge in [0.25, 0.3) is 5.56 Å². The van der Waals surface area contributed by atoms with Crippen LogP contribution in [0.3, 0.4) is 0 Å². The highest BCUT2D eigenvalue weighted by molar-refractivity contribution is 5.91. The van der Waals surface area contributed by atoms with Gasteiger partial charge < -0.3 is 11.1 Å². The Balaban J connectivity index is 2.10. The summed E-state index contributed by atoms with van der Waals surface area (Å²) >= 11 is 0. The lowest BCUT2D eigenvalue weighted by Crippen LogP contribution is -2.29. The van der Waals surface area contributed by atoms with Crippen LogP contribution in [0.1, 0.15) is 5.56 Å². The number of nitrogens with zero attached hydrogens (tertiary/aromatic N) is 2. The maximum Gasteiger partial charge on any atom is 0.269 e. The maximum absolute atomic E-state index is 11.8. The van der Waals surface area contributed by atoms with Crippen LogP contribution in [0, 0.1) is 6.92 Å². The first-order valence-corrected chi connectivity index (χ1v) is 5.74. The number of hydrogen-bond acceptors (Lipinski definition) is 4. The summed E-state index contributed by atoms with van der Waals surface area (Å²) in [5, 5.41) is 6.53. The first kappa shape index (κ1) is 12.8. The number of hydrogen-bond donors (Lipinski definition) is 2. The number of rotatable bonds is 3. The summed E-state index contributed by atoms with van der Waals surface area (Å²) in [6.45, 7) is 1.75. The Morgan fingerprint density at radius 2 is 2.16 bits per heavy atom. The first-order chi connectivity index (χ1) is 9.06. The quantitative estimate of drug-likeness (QED) is 0.851. The molecule has 0 radical (unpaired) electrons. The van der Waals surface area contributed by atoms with E-state index in [1.807, 2.05) is 25.1 Å². The monoisotopic (exact) mass is 258 g/mol. The molecule has 1 heterocycles. The normalized spacial score (nSPS) is 10.2. The Kier molecular flexibility index (Phi) is 3.61. The highest BCUT2D eigenvalue weighted by Crippen LogP contribution is 2.12. The topological polar surface area (TPSA) is 90.0 Å². The zero-order valence-corrected chi connectivity index (χ0v) is 10.5. The molecule has 0 aliphatic rings. The minimum atomic E-state index is -0.403. The second kappa shape index (κ2) is 5.34. The molecule has 0 unspecified atom stereocenters. The molecule has 0 aliphatic heterocycles. The molecule has 6 heteroatoms. The second-order valence-electron chi connectivity index (χ2n) is 4.15. The molecular formula is C13H14N4O2. The molecule has 0 saturated heterocycles. The van der Waals surface area contributed by atoms with Gasteiger partial charge in [-0.05, 0) is 18.6 Å². The third-order valence-electron chi connectivity index (χ3n) is 2.60. The fraction of sp³-hybridized carbons (Fsp3) is 0.154. The molecule has 1 amide bonds. The zero-order chi connectivity index (χ0) is 13.8. The van der Waals surface area contributed by atoms with Crippen LogP contribution in [0.15, 0.2) is 41.3 Å². The summed E-state index contributed by atoms with van der Waals surface area (Å²) in [6, 6.07) is 8.64. The lowest BCUT2D eigenvalue weighted by atomic mass is 10.2. The fourth-order valence-corrected chi connectivity index (χ4v) is 1.61. The van der Waals surface area contributed by atoms with Crippen LogP contribution in [0.2, 0.25) is 0 Å². The number of aryl methyl sites for hydroxylation is 1. The number of carbonyl (C=O) groups is 1. The Bertz CT molecular complexity index is 664. The fourth-order valence-electron chi connectivity index (χ4n) is 1.61. The molecule has 2 rings (SSSR count). The molecule has 2 aromatic rings. The van der Waals surface area contributed by atoms with Crippen LogP contribution in [-0.4, -0.2) is 15.7 Å². The number of nitrogens with one attached hydrogen (secondary N) is 1. The summed E-state index contributed by atoms with van der Waals surface area (Å²) in [4.78, 5) is 23.4. The van der Waals surface area contributed by atoms with Crippen molar-refractivity contribution in [2.24, 2.45) is 0 Å². The highest BCUT2D eigenvalue weighted by atomic mass is 16.2. The Morgan fingerprint density at radius 3 is 2.84 bits per heavy atom. The van der Waals surface area contributed by atoms with Gasteiger partial charge in [-0.25, -0.2) is 4.68 Å². The largest absolute Gasteiger partial charge is 0.397 e. The van der Waals surface area contributed by atoms with Crippen molar-refractivity contribution in [3.63, 3.8) is 0 Å². The first-order valence-electron chi connectivity index (χ1n) is 5.74. The number of carbonyl (C=O) groups excluding carboxylic acids is 1. The van der Waals surface area contributed by atoms with E-state index in [2.05, 4.69) is 10.4 Å². The average molecular weight is 258 g/mol. The van der Waals surface area contributed by atoms with Crippen LogP contribution in [0.4, 0.5) is 11.4 Å². The lowest BCUT2D eigenvalue weighted by molar-refractivity contribution is -0.117. The van der Waals surface area contributed by atoms with Gasteiger partial charge in [0, 0.05) is 11.8 Å². The van der Waals surface area contributed by atoms with Crippen molar-refractivity contribution in [3.8, 4) is 0 Å². The van der Waals surface area contributed by atoms with Crippen molar-refractivity contribution in [3.05, 3.63) is 52.4 Å². The number of nitrogens with two attached hydrogens (primary N) is 1. The minimum absolute atomic E-state index is 0.145. The van der Waals surface area contributed by atoms with E-state index in [9.17, 15) is 9.59 Å². The number of anilines is 2. The molecule has 98 valence electrons. The molecular weight excluding hydrogens is 244 g/mol. The third-order valence-corrected chi connectivity index (χ3v) is 2.60. The number of para-hydroxylation sites is 1. The molecule has 1 aromatic carbocycles. The van der Waals surface area contributed by atoms with Crippen molar-refractivity contribution in [2.75, 3.05) is 11.1 Å². The van der Waals surface area contributed by atoms with Gasteiger partial charge in [0.1, 0.15) is 6.54 Å². The molecule has 0 saturated carbocycles.